The summed E-state index contributed by atoms with van der Waals surface area (Å²) in [7, 11) is 1.29. The van der Waals surface area contributed by atoms with Gasteiger partial charge in [-0.1, -0.05) is 6.07 Å². The molecule has 0 aliphatic heterocycles. The first-order valence-electron chi connectivity index (χ1n) is 7.66. The summed E-state index contributed by atoms with van der Waals surface area (Å²) >= 11 is 0. The monoisotopic (exact) mass is 364 g/mol. The predicted molar refractivity (Wildman–Crippen MR) is 92.7 cm³/mol. The normalized spacial score (nSPS) is 10.3. The molecule has 0 saturated carbocycles. The van der Waals surface area contributed by atoms with E-state index in [2.05, 4.69) is 20.1 Å². The maximum atomic E-state index is 12.1. The van der Waals surface area contributed by atoms with Crippen molar-refractivity contribution >= 4 is 23.3 Å². The Morgan fingerprint density at radius 3 is 2.42 bits per heavy atom. The molecule has 1 amide bonds. The van der Waals surface area contributed by atoms with Gasteiger partial charge in [0.1, 0.15) is 5.75 Å². The van der Waals surface area contributed by atoms with E-state index in [1.54, 1.807) is 18.2 Å². The van der Waals surface area contributed by atoms with Crippen LogP contribution in [0, 0.1) is 6.92 Å². The minimum absolute atomic E-state index is 0.00590. The molecule has 2 aromatic rings. The molecule has 0 unspecified atom stereocenters. The topological polar surface area (TPSA) is 76.7 Å². The fourth-order valence-corrected chi connectivity index (χ4v) is 2.16. The molecule has 6 nitrogen and oxygen atoms in total. The van der Waals surface area contributed by atoms with Crippen molar-refractivity contribution in [2.24, 2.45) is 0 Å². The minimum atomic E-state index is -2.90. The summed E-state index contributed by atoms with van der Waals surface area (Å²) in [6, 6.07) is 10.6. The summed E-state index contributed by atoms with van der Waals surface area (Å²) in [5, 5.41) is 5.57. The molecule has 2 rings (SSSR count). The summed E-state index contributed by atoms with van der Waals surface area (Å²) in [5.74, 6) is -0.801. The maximum absolute atomic E-state index is 12.1. The van der Waals surface area contributed by atoms with E-state index in [0.717, 1.165) is 5.56 Å². The number of ether oxygens (including phenoxy) is 2. The number of aryl methyl sites for hydroxylation is 1. The van der Waals surface area contributed by atoms with Crippen LogP contribution in [-0.4, -0.2) is 32.1 Å². The van der Waals surface area contributed by atoms with Crippen LogP contribution in [-0.2, 0) is 9.53 Å². The van der Waals surface area contributed by atoms with Gasteiger partial charge in [0.2, 0.25) is 5.91 Å². The number of halogens is 2. The van der Waals surface area contributed by atoms with Gasteiger partial charge in [-0.3, -0.25) is 4.79 Å². The molecule has 2 N–H and O–H groups in total. The zero-order valence-corrected chi connectivity index (χ0v) is 14.2. The third-order valence-electron chi connectivity index (χ3n) is 3.46. The molecule has 8 heteroatoms. The molecular weight excluding hydrogens is 346 g/mol. The summed E-state index contributed by atoms with van der Waals surface area (Å²) in [6.07, 6.45) is 0. The highest BCUT2D eigenvalue weighted by Gasteiger charge is 2.10. The van der Waals surface area contributed by atoms with Crippen LogP contribution in [0.25, 0.3) is 0 Å². The van der Waals surface area contributed by atoms with E-state index in [9.17, 15) is 18.4 Å². The fraction of sp³-hybridized carbons (Fsp3) is 0.222. The number of anilines is 2. The lowest BCUT2D eigenvalue weighted by atomic mass is 10.1. The van der Waals surface area contributed by atoms with E-state index in [1.165, 1.54) is 31.4 Å². The van der Waals surface area contributed by atoms with Crippen molar-refractivity contribution in [3.8, 4) is 5.75 Å². The number of carbonyl (C=O) groups is 2. The number of alkyl halides is 2. The molecule has 0 radical (unpaired) electrons. The second-order valence-electron chi connectivity index (χ2n) is 5.33. The average Bonchev–Trinajstić information content (AvgIpc) is 2.61. The van der Waals surface area contributed by atoms with Crippen LogP contribution in [0.4, 0.5) is 20.2 Å². The van der Waals surface area contributed by atoms with Gasteiger partial charge in [0.05, 0.1) is 19.2 Å². The number of nitrogens with one attached hydrogen (secondary N) is 2. The zero-order valence-electron chi connectivity index (χ0n) is 14.2. The second-order valence-corrected chi connectivity index (χ2v) is 5.33. The number of carbonyl (C=O) groups excluding carboxylic acids is 2. The van der Waals surface area contributed by atoms with Gasteiger partial charge in [0, 0.05) is 11.4 Å². The van der Waals surface area contributed by atoms with Gasteiger partial charge in [0.15, 0.2) is 0 Å². The third kappa shape index (κ3) is 5.44. The molecule has 0 fully saturated rings. The van der Waals surface area contributed by atoms with Gasteiger partial charge < -0.3 is 20.1 Å². The third-order valence-corrected chi connectivity index (χ3v) is 3.46. The zero-order chi connectivity index (χ0) is 19.1. The van der Waals surface area contributed by atoms with Crippen molar-refractivity contribution in [1.29, 1.82) is 0 Å². The first-order valence-corrected chi connectivity index (χ1v) is 7.66. The van der Waals surface area contributed by atoms with E-state index in [4.69, 9.17) is 0 Å². The molecule has 0 aromatic heterocycles. The minimum Gasteiger partial charge on any atom is -0.465 e. The number of rotatable bonds is 7. The number of benzene rings is 2. The molecule has 0 aliphatic carbocycles. The van der Waals surface area contributed by atoms with E-state index in [-0.39, 0.29) is 18.2 Å². The lowest BCUT2D eigenvalue weighted by Gasteiger charge is -2.12. The van der Waals surface area contributed by atoms with Gasteiger partial charge in [-0.2, -0.15) is 8.78 Å². The second kappa shape index (κ2) is 8.80. The van der Waals surface area contributed by atoms with Crippen molar-refractivity contribution in [3.63, 3.8) is 0 Å². The molecule has 0 saturated heterocycles. The van der Waals surface area contributed by atoms with Crippen LogP contribution in [0.2, 0.25) is 0 Å². The highest BCUT2D eigenvalue weighted by Crippen LogP contribution is 2.19. The summed E-state index contributed by atoms with van der Waals surface area (Å²) < 4.78 is 33.1. The molecule has 2 aromatic carbocycles. The van der Waals surface area contributed by atoms with Crippen molar-refractivity contribution in [2.45, 2.75) is 13.5 Å². The first kappa shape index (κ1) is 19.2. The fourth-order valence-electron chi connectivity index (χ4n) is 2.16. The Balaban J connectivity index is 1.93. The van der Waals surface area contributed by atoms with Gasteiger partial charge in [0.25, 0.3) is 0 Å². The highest BCUT2D eigenvalue weighted by atomic mass is 19.3. The Hall–Kier alpha value is -3.16. The lowest BCUT2D eigenvalue weighted by Crippen LogP contribution is -2.22. The van der Waals surface area contributed by atoms with Crippen LogP contribution in [0.1, 0.15) is 15.9 Å². The summed E-state index contributed by atoms with van der Waals surface area (Å²) in [4.78, 5) is 23.6. The standard InChI is InChI=1S/C18H18F2N2O4/c1-11-3-4-12(17(24)25-2)9-15(11)21-10-16(23)22-13-5-7-14(8-6-13)26-18(19)20/h3-9,18,21H,10H2,1-2H3,(H,22,23). The molecule has 0 aliphatic rings. The molecule has 0 bridgehead atoms. The predicted octanol–water partition coefficient (Wildman–Crippen LogP) is 3.43. The van der Waals surface area contributed by atoms with Crippen LogP contribution in [0.15, 0.2) is 42.5 Å². The molecule has 0 atom stereocenters. The Kier molecular flexibility index (Phi) is 6.48. The van der Waals surface area contributed by atoms with Crippen LogP contribution < -0.4 is 15.4 Å². The summed E-state index contributed by atoms with van der Waals surface area (Å²) in [5.41, 5.74) is 2.30. The van der Waals surface area contributed by atoms with E-state index >= 15 is 0 Å². The molecular formula is C18H18F2N2O4. The highest BCUT2D eigenvalue weighted by molar-refractivity contribution is 5.94. The van der Waals surface area contributed by atoms with Crippen molar-refractivity contribution < 1.29 is 27.8 Å². The molecule has 0 spiro atoms. The van der Waals surface area contributed by atoms with Crippen molar-refractivity contribution in [2.75, 3.05) is 24.3 Å². The van der Waals surface area contributed by atoms with Crippen LogP contribution in [0.5, 0.6) is 5.75 Å². The SMILES string of the molecule is COC(=O)c1ccc(C)c(NCC(=O)Nc2ccc(OC(F)F)cc2)c1. The van der Waals surface area contributed by atoms with Crippen molar-refractivity contribution in [1.82, 2.24) is 0 Å². The largest absolute Gasteiger partial charge is 0.465 e. The average molecular weight is 364 g/mol. The molecule has 26 heavy (non-hydrogen) atoms. The Morgan fingerprint density at radius 1 is 1.12 bits per heavy atom. The van der Waals surface area contributed by atoms with E-state index < -0.39 is 12.6 Å². The molecule has 0 heterocycles. The number of amides is 1. The lowest BCUT2D eigenvalue weighted by molar-refractivity contribution is -0.114. The van der Waals surface area contributed by atoms with Gasteiger partial charge in [-0.25, -0.2) is 4.79 Å². The quantitative estimate of drug-likeness (QED) is 0.736. The summed E-state index contributed by atoms with van der Waals surface area (Å²) in [6.45, 7) is -1.10. The maximum Gasteiger partial charge on any atom is 0.387 e. The van der Waals surface area contributed by atoms with Gasteiger partial charge in [-0.15, -0.1) is 0 Å². The number of methoxy groups -OCH3 is 1. The Morgan fingerprint density at radius 2 is 1.81 bits per heavy atom. The van der Waals surface area contributed by atoms with Gasteiger partial charge in [-0.05, 0) is 48.9 Å². The Labute approximate surface area is 149 Å². The number of esters is 1. The van der Waals surface area contributed by atoms with E-state index in [1.807, 2.05) is 6.92 Å². The first-order chi connectivity index (χ1) is 12.4. The van der Waals surface area contributed by atoms with E-state index in [0.29, 0.717) is 16.9 Å². The smallest absolute Gasteiger partial charge is 0.387 e. The Bertz CT molecular complexity index is 779. The van der Waals surface area contributed by atoms with Crippen molar-refractivity contribution in [3.05, 3.63) is 53.6 Å². The van der Waals surface area contributed by atoms with Gasteiger partial charge >= 0.3 is 12.6 Å². The molecule has 138 valence electrons. The van der Waals surface area contributed by atoms with Crippen LogP contribution in [0.3, 0.4) is 0 Å². The van der Waals surface area contributed by atoms with Crippen LogP contribution >= 0.6 is 0 Å². The number of hydrogen-bond acceptors (Lipinski definition) is 5. The number of hydrogen-bond donors (Lipinski definition) is 2.